The lowest BCUT2D eigenvalue weighted by atomic mass is 10.3. The van der Waals surface area contributed by atoms with E-state index in [0.29, 0.717) is 18.7 Å². The van der Waals surface area contributed by atoms with E-state index in [0.717, 1.165) is 4.57 Å². The van der Waals surface area contributed by atoms with Crippen LogP contribution >= 0.6 is 0 Å². The van der Waals surface area contributed by atoms with Gasteiger partial charge in [0.05, 0.1) is 19.3 Å². The number of aromatic amines is 1. The Morgan fingerprint density at radius 2 is 2.30 bits per heavy atom. The fourth-order valence-electron chi connectivity index (χ4n) is 2.00. The molecule has 1 amide bonds. The normalized spacial score (nSPS) is 19.7. The Balaban J connectivity index is 2.13. The van der Waals surface area contributed by atoms with Gasteiger partial charge in [0.15, 0.2) is 0 Å². The van der Waals surface area contributed by atoms with Gasteiger partial charge in [-0.2, -0.15) is 0 Å². The monoisotopic (exact) mass is 283 g/mol. The minimum absolute atomic E-state index is 0.177. The highest BCUT2D eigenvalue weighted by Gasteiger charge is 2.21. The van der Waals surface area contributed by atoms with Crippen molar-refractivity contribution in [3.8, 4) is 0 Å². The predicted molar refractivity (Wildman–Crippen MR) is 69.5 cm³/mol. The third-order valence-corrected chi connectivity index (χ3v) is 3.09. The van der Waals surface area contributed by atoms with Crippen molar-refractivity contribution in [2.75, 3.05) is 26.3 Å². The summed E-state index contributed by atoms with van der Waals surface area (Å²) in [4.78, 5) is 38.6. The molecule has 0 aliphatic carbocycles. The molecule has 0 saturated carbocycles. The van der Waals surface area contributed by atoms with Crippen LogP contribution in [-0.2, 0) is 16.1 Å². The number of aryl methyl sites for hydroxylation is 1. The SMILES string of the molecule is Cc1cn(CC(=O)N2CCOCC(O)C2)c(=O)[nH]c1=O. The Labute approximate surface area is 114 Å². The molecule has 1 aliphatic heterocycles. The first kappa shape index (κ1) is 14.5. The van der Waals surface area contributed by atoms with Crippen molar-refractivity contribution in [1.82, 2.24) is 14.5 Å². The number of rotatable bonds is 2. The van der Waals surface area contributed by atoms with Crippen LogP contribution in [0.4, 0.5) is 0 Å². The molecule has 2 heterocycles. The number of hydrogen-bond donors (Lipinski definition) is 2. The molecule has 1 unspecified atom stereocenters. The third kappa shape index (κ3) is 3.34. The van der Waals surface area contributed by atoms with E-state index >= 15 is 0 Å². The zero-order valence-corrected chi connectivity index (χ0v) is 11.2. The highest BCUT2D eigenvalue weighted by Crippen LogP contribution is 2.01. The van der Waals surface area contributed by atoms with Gasteiger partial charge in [-0.1, -0.05) is 0 Å². The molecule has 110 valence electrons. The van der Waals surface area contributed by atoms with E-state index in [1.54, 1.807) is 6.92 Å². The van der Waals surface area contributed by atoms with Gasteiger partial charge in [0.25, 0.3) is 5.56 Å². The fourth-order valence-corrected chi connectivity index (χ4v) is 2.00. The molecule has 0 bridgehead atoms. The molecule has 1 aromatic rings. The number of carbonyl (C=O) groups is 1. The maximum Gasteiger partial charge on any atom is 0.328 e. The molecule has 2 N–H and O–H groups in total. The molecule has 0 aromatic carbocycles. The number of ether oxygens (including phenoxy) is 1. The molecule has 20 heavy (non-hydrogen) atoms. The van der Waals surface area contributed by atoms with Gasteiger partial charge in [0.2, 0.25) is 5.91 Å². The Bertz CT molecular complexity index is 606. The van der Waals surface area contributed by atoms with Crippen LogP contribution < -0.4 is 11.2 Å². The first-order chi connectivity index (χ1) is 9.47. The van der Waals surface area contributed by atoms with E-state index in [9.17, 15) is 19.5 Å². The zero-order chi connectivity index (χ0) is 14.7. The van der Waals surface area contributed by atoms with Gasteiger partial charge in [-0.3, -0.25) is 19.1 Å². The number of nitrogens with zero attached hydrogens (tertiary/aromatic N) is 2. The number of aliphatic hydroxyl groups excluding tert-OH is 1. The summed E-state index contributed by atoms with van der Waals surface area (Å²) in [7, 11) is 0. The summed E-state index contributed by atoms with van der Waals surface area (Å²) in [5.74, 6) is -0.303. The molecule has 8 heteroatoms. The van der Waals surface area contributed by atoms with Crippen LogP contribution in [0.5, 0.6) is 0 Å². The van der Waals surface area contributed by atoms with Crippen molar-refractivity contribution in [2.24, 2.45) is 0 Å². The van der Waals surface area contributed by atoms with Crippen molar-refractivity contribution >= 4 is 5.91 Å². The molecule has 0 spiro atoms. The summed E-state index contributed by atoms with van der Waals surface area (Å²) in [6.07, 6.45) is 0.625. The number of H-pyrrole nitrogens is 1. The largest absolute Gasteiger partial charge is 0.389 e. The van der Waals surface area contributed by atoms with Crippen LogP contribution in [0.2, 0.25) is 0 Å². The summed E-state index contributed by atoms with van der Waals surface area (Å²) >= 11 is 0. The molecular weight excluding hydrogens is 266 g/mol. The number of carbonyl (C=O) groups excluding carboxylic acids is 1. The van der Waals surface area contributed by atoms with Gasteiger partial charge in [0, 0.05) is 24.8 Å². The van der Waals surface area contributed by atoms with Crippen LogP contribution in [0, 0.1) is 6.92 Å². The number of amides is 1. The molecular formula is C12H17N3O5. The summed E-state index contributed by atoms with van der Waals surface area (Å²) in [6.45, 7) is 2.47. The fraction of sp³-hybridized carbons (Fsp3) is 0.583. The molecule has 8 nitrogen and oxygen atoms in total. The van der Waals surface area contributed by atoms with Gasteiger partial charge in [0.1, 0.15) is 6.54 Å². The van der Waals surface area contributed by atoms with E-state index in [4.69, 9.17) is 4.74 Å². The van der Waals surface area contributed by atoms with Crippen molar-refractivity contribution in [3.63, 3.8) is 0 Å². The van der Waals surface area contributed by atoms with E-state index in [-0.39, 0.29) is 25.6 Å². The van der Waals surface area contributed by atoms with Gasteiger partial charge in [-0.05, 0) is 6.92 Å². The van der Waals surface area contributed by atoms with Gasteiger partial charge in [-0.15, -0.1) is 0 Å². The first-order valence-electron chi connectivity index (χ1n) is 6.31. The maximum absolute atomic E-state index is 12.1. The maximum atomic E-state index is 12.1. The van der Waals surface area contributed by atoms with Crippen molar-refractivity contribution < 1.29 is 14.6 Å². The molecule has 0 radical (unpaired) electrons. The summed E-state index contributed by atoms with van der Waals surface area (Å²) in [5.41, 5.74) is -0.727. The molecule has 1 saturated heterocycles. The van der Waals surface area contributed by atoms with E-state index in [1.165, 1.54) is 11.1 Å². The van der Waals surface area contributed by atoms with Crippen molar-refractivity contribution in [2.45, 2.75) is 19.6 Å². The van der Waals surface area contributed by atoms with Crippen LogP contribution in [0.3, 0.4) is 0 Å². The lowest BCUT2D eigenvalue weighted by molar-refractivity contribution is -0.132. The minimum Gasteiger partial charge on any atom is -0.389 e. The lowest BCUT2D eigenvalue weighted by Gasteiger charge is -2.21. The molecule has 1 aromatic heterocycles. The molecule has 1 aliphatic rings. The number of β-amino-alcohol motifs (C(OH)–C–C–N with tert-alkyl or cyclic N) is 1. The van der Waals surface area contributed by atoms with Crippen molar-refractivity contribution in [1.29, 1.82) is 0 Å². The highest BCUT2D eigenvalue weighted by molar-refractivity contribution is 5.76. The Kier molecular flexibility index (Phi) is 4.35. The first-order valence-corrected chi connectivity index (χ1v) is 6.31. The Hall–Kier alpha value is -1.93. The number of aliphatic hydroxyl groups is 1. The quantitative estimate of drug-likeness (QED) is 0.657. The smallest absolute Gasteiger partial charge is 0.328 e. The highest BCUT2D eigenvalue weighted by atomic mass is 16.5. The standard InChI is InChI=1S/C12H17N3O5/c1-8-4-15(12(19)13-11(8)18)6-10(17)14-2-3-20-7-9(16)5-14/h4,9,16H,2-3,5-7H2,1H3,(H,13,18,19). The van der Waals surface area contributed by atoms with Crippen LogP contribution in [0.15, 0.2) is 15.8 Å². The van der Waals surface area contributed by atoms with Crippen LogP contribution in [-0.4, -0.2) is 57.9 Å². The second-order valence-corrected chi connectivity index (χ2v) is 4.77. The Morgan fingerprint density at radius 1 is 1.55 bits per heavy atom. The average molecular weight is 283 g/mol. The summed E-state index contributed by atoms with van der Waals surface area (Å²) in [5, 5.41) is 9.57. The number of nitrogens with one attached hydrogen (secondary N) is 1. The molecule has 1 atom stereocenters. The second-order valence-electron chi connectivity index (χ2n) is 4.77. The van der Waals surface area contributed by atoms with Gasteiger partial charge in [-0.25, -0.2) is 4.79 Å². The van der Waals surface area contributed by atoms with Crippen molar-refractivity contribution in [3.05, 3.63) is 32.6 Å². The van der Waals surface area contributed by atoms with Crippen LogP contribution in [0.1, 0.15) is 5.56 Å². The van der Waals surface area contributed by atoms with E-state index in [2.05, 4.69) is 4.98 Å². The lowest BCUT2D eigenvalue weighted by Crippen LogP contribution is -2.42. The summed E-state index contributed by atoms with van der Waals surface area (Å²) < 4.78 is 6.29. The minimum atomic E-state index is -0.726. The average Bonchev–Trinajstić information content (AvgIpc) is 2.60. The Morgan fingerprint density at radius 3 is 3.05 bits per heavy atom. The van der Waals surface area contributed by atoms with E-state index in [1.807, 2.05) is 0 Å². The number of aromatic nitrogens is 2. The zero-order valence-electron chi connectivity index (χ0n) is 11.2. The topological polar surface area (TPSA) is 105 Å². The van der Waals surface area contributed by atoms with Gasteiger partial charge >= 0.3 is 5.69 Å². The molecule has 2 rings (SSSR count). The molecule has 1 fully saturated rings. The van der Waals surface area contributed by atoms with Gasteiger partial charge < -0.3 is 14.7 Å². The van der Waals surface area contributed by atoms with E-state index < -0.39 is 17.4 Å². The summed E-state index contributed by atoms with van der Waals surface area (Å²) in [6, 6.07) is 0. The second kappa shape index (κ2) is 6.02. The number of hydrogen-bond acceptors (Lipinski definition) is 5. The predicted octanol–water partition coefficient (Wildman–Crippen LogP) is -1.94. The van der Waals surface area contributed by atoms with Crippen LogP contribution in [0.25, 0.3) is 0 Å². The third-order valence-electron chi connectivity index (χ3n) is 3.09.